The maximum atomic E-state index is 12.9. The number of amides is 1. The Labute approximate surface area is 162 Å². The third kappa shape index (κ3) is 3.46. The lowest BCUT2D eigenvalue weighted by atomic mass is 10.1. The Morgan fingerprint density at radius 1 is 1.11 bits per heavy atom. The number of nitrogens with one attached hydrogen (secondary N) is 2. The lowest BCUT2D eigenvalue weighted by Gasteiger charge is -2.18. The minimum absolute atomic E-state index is 0.0654. The summed E-state index contributed by atoms with van der Waals surface area (Å²) in [5, 5.41) is 14.9. The molecule has 0 saturated carbocycles. The first-order valence-corrected chi connectivity index (χ1v) is 9.09. The number of hydrogen-bond donors (Lipinski definition) is 2. The number of hydrogen-bond acceptors (Lipinski definition) is 4. The molecule has 0 saturated heterocycles. The number of ether oxygens (including phenoxy) is 1. The first-order valence-electron chi connectivity index (χ1n) is 9.09. The Balaban J connectivity index is 1.56. The van der Waals surface area contributed by atoms with Gasteiger partial charge in [-0.3, -0.25) is 15.0 Å². The molecule has 0 fully saturated rings. The molecule has 0 unspecified atom stereocenters. The third-order valence-electron chi connectivity index (χ3n) is 4.59. The molecular weight excluding hydrogens is 354 g/mol. The second kappa shape index (κ2) is 7.56. The smallest absolute Gasteiger partial charge is 0.254 e. The Bertz CT molecular complexity index is 1100. The van der Waals surface area contributed by atoms with Gasteiger partial charge in [-0.25, -0.2) is 0 Å². The van der Waals surface area contributed by atoms with Crippen molar-refractivity contribution in [2.75, 3.05) is 13.7 Å². The van der Waals surface area contributed by atoms with Gasteiger partial charge in [0.25, 0.3) is 5.91 Å². The topological polar surface area (TPSA) is 86.9 Å². The van der Waals surface area contributed by atoms with Crippen molar-refractivity contribution in [2.24, 2.45) is 0 Å². The fourth-order valence-corrected chi connectivity index (χ4v) is 3.22. The SMILES string of the molecule is CCOc1cc(C(=O)N(C)Cc2ccc3[nH]ncc3c2)ccc1-c1ccn[nH]1. The molecule has 4 rings (SSSR count). The number of H-pyrrole nitrogens is 2. The normalized spacial score (nSPS) is 10.9. The molecule has 4 aromatic rings. The van der Waals surface area contributed by atoms with Gasteiger partial charge in [0, 0.05) is 36.3 Å². The molecule has 0 spiro atoms. The van der Waals surface area contributed by atoms with Gasteiger partial charge in [-0.2, -0.15) is 10.2 Å². The second-order valence-electron chi connectivity index (χ2n) is 6.57. The summed E-state index contributed by atoms with van der Waals surface area (Å²) in [4.78, 5) is 14.6. The quantitative estimate of drug-likeness (QED) is 0.539. The molecule has 7 nitrogen and oxygen atoms in total. The molecular formula is C21H21N5O2. The lowest BCUT2D eigenvalue weighted by Crippen LogP contribution is -2.26. The molecule has 0 bridgehead atoms. The second-order valence-corrected chi connectivity index (χ2v) is 6.57. The van der Waals surface area contributed by atoms with E-state index in [4.69, 9.17) is 4.74 Å². The fraction of sp³-hybridized carbons (Fsp3) is 0.190. The number of aromatic amines is 2. The predicted octanol–water partition coefficient (Wildman–Crippen LogP) is 3.62. The molecule has 0 aliphatic rings. The molecule has 2 aromatic heterocycles. The van der Waals surface area contributed by atoms with Gasteiger partial charge in [-0.15, -0.1) is 0 Å². The highest BCUT2D eigenvalue weighted by Gasteiger charge is 2.16. The van der Waals surface area contributed by atoms with Crippen molar-refractivity contribution in [3.63, 3.8) is 0 Å². The van der Waals surface area contributed by atoms with Crippen LogP contribution >= 0.6 is 0 Å². The molecule has 0 aliphatic heterocycles. The van der Waals surface area contributed by atoms with Crippen LogP contribution in [0.1, 0.15) is 22.8 Å². The maximum absolute atomic E-state index is 12.9. The first-order chi connectivity index (χ1) is 13.7. The molecule has 2 heterocycles. The zero-order valence-electron chi connectivity index (χ0n) is 15.8. The molecule has 2 aromatic carbocycles. The highest BCUT2D eigenvalue weighted by Crippen LogP contribution is 2.30. The number of carbonyl (C=O) groups is 1. The zero-order chi connectivity index (χ0) is 19.5. The summed E-state index contributed by atoms with van der Waals surface area (Å²) in [6, 6.07) is 13.4. The number of benzene rings is 2. The van der Waals surface area contributed by atoms with Gasteiger partial charge in [0.15, 0.2) is 0 Å². The summed E-state index contributed by atoms with van der Waals surface area (Å²) in [6.07, 6.45) is 3.47. The van der Waals surface area contributed by atoms with Gasteiger partial charge in [0.05, 0.1) is 24.0 Å². The summed E-state index contributed by atoms with van der Waals surface area (Å²) in [7, 11) is 1.80. The van der Waals surface area contributed by atoms with E-state index in [1.165, 1.54) is 0 Å². The molecule has 7 heteroatoms. The lowest BCUT2D eigenvalue weighted by molar-refractivity contribution is 0.0784. The maximum Gasteiger partial charge on any atom is 0.254 e. The van der Waals surface area contributed by atoms with Gasteiger partial charge in [-0.05, 0) is 48.9 Å². The summed E-state index contributed by atoms with van der Waals surface area (Å²) in [5.74, 6) is 0.593. The molecule has 1 amide bonds. The van der Waals surface area contributed by atoms with Crippen molar-refractivity contribution in [3.05, 3.63) is 66.0 Å². The van der Waals surface area contributed by atoms with Gasteiger partial charge in [0.1, 0.15) is 5.75 Å². The molecule has 142 valence electrons. The van der Waals surface area contributed by atoms with E-state index in [2.05, 4.69) is 20.4 Å². The van der Waals surface area contributed by atoms with Crippen molar-refractivity contribution in [1.82, 2.24) is 25.3 Å². The van der Waals surface area contributed by atoms with E-state index in [1.54, 1.807) is 30.4 Å². The summed E-state index contributed by atoms with van der Waals surface area (Å²) in [5.41, 5.74) is 4.34. The Hall–Kier alpha value is -3.61. The molecule has 0 radical (unpaired) electrons. The minimum atomic E-state index is -0.0654. The highest BCUT2D eigenvalue weighted by atomic mass is 16.5. The van der Waals surface area contributed by atoms with E-state index in [0.29, 0.717) is 24.5 Å². The highest BCUT2D eigenvalue weighted by molar-refractivity contribution is 5.95. The van der Waals surface area contributed by atoms with Crippen LogP contribution in [0.5, 0.6) is 5.75 Å². The van der Waals surface area contributed by atoms with Gasteiger partial charge in [-0.1, -0.05) is 6.07 Å². The van der Waals surface area contributed by atoms with Gasteiger partial charge >= 0.3 is 0 Å². The van der Waals surface area contributed by atoms with Crippen LogP contribution in [0.2, 0.25) is 0 Å². The third-order valence-corrected chi connectivity index (χ3v) is 4.59. The van der Waals surface area contributed by atoms with Crippen molar-refractivity contribution in [3.8, 4) is 17.0 Å². The Morgan fingerprint density at radius 2 is 2.00 bits per heavy atom. The number of rotatable bonds is 6. The van der Waals surface area contributed by atoms with Crippen LogP contribution in [0, 0.1) is 0 Å². The van der Waals surface area contributed by atoms with Crippen molar-refractivity contribution < 1.29 is 9.53 Å². The van der Waals surface area contributed by atoms with E-state index in [0.717, 1.165) is 27.7 Å². The van der Waals surface area contributed by atoms with Crippen LogP contribution in [0.3, 0.4) is 0 Å². The first kappa shape index (κ1) is 17.8. The molecule has 28 heavy (non-hydrogen) atoms. The molecule has 2 N–H and O–H groups in total. The van der Waals surface area contributed by atoms with Gasteiger partial charge in [0.2, 0.25) is 0 Å². The van der Waals surface area contributed by atoms with Crippen molar-refractivity contribution in [1.29, 1.82) is 0 Å². The van der Waals surface area contributed by atoms with Crippen molar-refractivity contribution in [2.45, 2.75) is 13.5 Å². The van der Waals surface area contributed by atoms with E-state index in [1.807, 2.05) is 43.3 Å². The average molecular weight is 375 g/mol. The fourth-order valence-electron chi connectivity index (χ4n) is 3.22. The van der Waals surface area contributed by atoms with Crippen molar-refractivity contribution >= 4 is 16.8 Å². The number of carbonyl (C=O) groups excluding carboxylic acids is 1. The monoisotopic (exact) mass is 375 g/mol. The van der Waals surface area contributed by atoms with Crippen LogP contribution in [0.4, 0.5) is 0 Å². The van der Waals surface area contributed by atoms with Crippen LogP contribution < -0.4 is 4.74 Å². The largest absolute Gasteiger partial charge is 0.493 e. The summed E-state index contributed by atoms with van der Waals surface area (Å²) >= 11 is 0. The van der Waals surface area contributed by atoms with E-state index in [9.17, 15) is 4.79 Å². The molecule has 0 aliphatic carbocycles. The van der Waals surface area contributed by atoms with E-state index >= 15 is 0 Å². The van der Waals surface area contributed by atoms with E-state index in [-0.39, 0.29) is 5.91 Å². The van der Waals surface area contributed by atoms with Crippen LogP contribution in [0.25, 0.3) is 22.2 Å². The average Bonchev–Trinajstić information content (AvgIpc) is 3.39. The predicted molar refractivity (Wildman–Crippen MR) is 107 cm³/mol. The number of fused-ring (bicyclic) bond motifs is 1. The summed E-state index contributed by atoms with van der Waals surface area (Å²) < 4.78 is 5.76. The number of nitrogens with zero attached hydrogens (tertiary/aromatic N) is 3. The van der Waals surface area contributed by atoms with E-state index < -0.39 is 0 Å². The Morgan fingerprint density at radius 3 is 2.79 bits per heavy atom. The zero-order valence-corrected chi connectivity index (χ0v) is 15.8. The standard InChI is InChI=1S/C21H21N5O2/c1-3-28-20-11-15(5-6-17(20)19-8-9-22-25-19)21(27)26(2)13-14-4-7-18-16(10-14)12-23-24-18/h4-12H,3,13H2,1-2H3,(H,22,25)(H,23,24). The number of aromatic nitrogens is 4. The minimum Gasteiger partial charge on any atom is -0.493 e. The van der Waals surface area contributed by atoms with Gasteiger partial charge < -0.3 is 9.64 Å². The summed E-state index contributed by atoms with van der Waals surface area (Å²) in [6.45, 7) is 2.94. The van der Waals surface area contributed by atoms with Crippen LogP contribution in [0.15, 0.2) is 54.9 Å². The Kier molecular flexibility index (Phi) is 4.80. The van der Waals surface area contributed by atoms with Crippen LogP contribution in [-0.2, 0) is 6.54 Å². The molecule has 0 atom stereocenters. The van der Waals surface area contributed by atoms with Crippen LogP contribution in [-0.4, -0.2) is 44.9 Å².